The predicted molar refractivity (Wildman–Crippen MR) is 94.4 cm³/mol. The first-order valence-corrected chi connectivity index (χ1v) is 7.53. The van der Waals surface area contributed by atoms with Crippen molar-refractivity contribution in [2.24, 2.45) is 16.8 Å². The van der Waals surface area contributed by atoms with E-state index >= 15 is 0 Å². The number of rotatable bonds is 5. The van der Waals surface area contributed by atoms with Crippen LogP contribution in [0.4, 0.5) is 5.69 Å². The first-order chi connectivity index (χ1) is 11.2. The number of para-hydroxylation sites is 1. The highest BCUT2D eigenvalue weighted by Crippen LogP contribution is 2.25. The van der Waals surface area contributed by atoms with Crippen LogP contribution in [-0.2, 0) is 0 Å². The molecule has 23 heavy (non-hydrogen) atoms. The molecule has 5 nitrogen and oxygen atoms in total. The maximum atomic E-state index is 12.8. The molecule has 0 amide bonds. The average Bonchev–Trinajstić information content (AvgIpc) is 3.07. The molecule has 0 radical (unpaired) electrons. The van der Waals surface area contributed by atoms with Gasteiger partial charge < -0.3 is 4.74 Å². The van der Waals surface area contributed by atoms with Gasteiger partial charge in [-0.2, -0.15) is 5.10 Å². The minimum Gasteiger partial charge on any atom is -0.478 e. The van der Waals surface area contributed by atoms with Crippen LogP contribution in [0.25, 0.3) is 0 Å². The van der Waals surface area contributed by atoms with Crippen LogP contribution in [0.5, 0.6) is 5.75 Å². The van der Waals surface area contributed by atoms with Crippen molar-refractivity contribution in [2.45, 2.75) is 0 Å². The molecule has 0 saturated carbocycles. The molecule has 0 spiro atoms. The van der Waals surface area contributed by atoms with E-state index in [9.17, 15) is 4.79 Å². The van der Waals surface area contributed by atoms with Crippen LogP contribution in [0.3, 0.4) is 0 Å². The summed E-state index contributed by atoms with van der Waals surface area (Å²) in [5, 5.41) is 6.19. The van der Waals surface area contributed by atoms with E-state index in [0.29, 0.717) is 17.9 Å². The largest absolute Gasteiger partial charge is 0.478 e. The molecule has 2 aromatic rings. The standard InChI is InChI=1S/C17H18BN3O2/c18-13-6-7-16(23-11-19)15(8-13)17(22)12-9-20-21(10-12)14-4-2-1-3-5-14/h1-9,12H,10-11,18-19H2. The maximum absolute atomic E-state index is 12.8. The minimum atomic E-state index is -0.294. The van der Waals surface area contributed by atoms with Gasteiger partial charge in [0.2, 0.25) is 0 Å². The number of nitrogens with zero attached hydrogens (tertiary/aromatic N) is 2. The molecule has 2 N–H and O–H groups in total. The second-order valence-electron chi connectivity index (χ2n) is 5.46. The van der Waals surface area contributed by atoms with E-state index in [0.717, 1.165) is 11.2 Å². The lowest BCUT2D eigenvalue weighted by Gasteiger charge is -2.16. The summed E-state index contributed by atoms with van der Waals surface area (Å²) in [6.07, 6.45) is 1.70. The van der Waals surface area contributed by atoms with Crippen molar-refractivity contribution in [1.82, 2.24) is 0 Å². The van der Waals surface area contributed by atoms with Gasteiger partial charge in [-0.05, 0) is 18.2 Å². The normalized spacial score (nSPS) is 16.6. The molecule has 0 aliphatic carbocycles. The summed E-state index contributed by atoms with van der Waals surface area (Å²) < 4.78 is 5.38. The number of carbonyl (C=O) groups excluding carboxylic acids is 1. The second-order valence-corrected chi connectivity index (χ2v) is 5.46. The Kier molecular flexibility index (Phi) is 4.44. The van der Waals surface area contributed by atoms with Crippen molar-refractivity contribution in [3.05, 3.63) is 54.1 Å². The zero-order valence-corrected chi connectivity index (χ0v) is 13.0. The minimum absolute atomic E-state index is 0.000619. The van der Waals surface area contributed by atoms with Crippen molar-refractivity contribution < 1.29 is 9.53 Å². The van der Waals surface area contributed by atoms with Gasteiger partial charge in [0.25, 0.3) is 0 Å². The van der Waals surface area contributed by atoms with Gasteiger partial charge in [0.15, 0.2) is 5.78 Å². The molecule has 0 fully saturated rings. The number of carbonyl (C=O) groups is 1. The molecule has 0 saturated heterocycles. The van der Waals surface area contributed by atoms with E-state index < -0.39 is 0 Å². The van der Waals surface area contributed by atoms with Crippen LogP contribution in [0.1, 0.15) is 10.4 Å². The molecule has 2 aromatic carbocycles. The lowest BCUT2D eigenvalue weighted by molar-refractivity contribution is 0.0957. The predicted octanol–water partition coefficient (Wildman–Crippen LogP) is 0.545. The maximum Gasteiger partial charge on any atom is 0.176 e. The monoisotopic (exact) mass is 307 g/mol. The number of nitrogens with two attached hydrogens (primary N) is 1. The van der Waals surface area contributed by atoms with Gasteiger partial charge in [-0.15, -0.1) is 0 Å². The van der Waals surface area contributed by atoms with Crippen molar-refractivity contribution in [2.75, 3.05) is 18.3 Å². The second kappa shape index (κ2) is 6.66. The van der Waals surface area contributed by atoms with Crippen LogP contribution < -0.4 is 20.9 Å². The third kappa shape index (κ3) is 3.27. The fourth-order valence-corrected chi connectivity index (χ4v) is 2.62. The number of hydrogen-bond acceptors (Lipinski definition) is 5. The molecule has 1 heterocycles. The number of Topliss-reactive ketones (excluding diaryl/α,β-unsaturated/α-hetero) is 1. The molecule has 3 rings (SSSR count). The Hall–Kier alpha value is -2.60. The summed E-state index contributed by atoms with van der Waals surface area (Å²) >= 11 is 0. The number of benzene rings is 2. The summed E-state index contributed by atoms with van der Waals surface area (Å²) in [6, 6.07) is 15.3. The van der Waals surface area contributed by atoms with Crippen LogP contribution in [-0.4, -0.2) is 33.1 Å². The van der Waals surface area contributed by atoms with E-state index in [1.54, 1.807) is 12.3 Å². The Morgan fingerprint density at radius 3 is 2.83 bits per heavy atom. The topological polar surface area (TPSA) is 67.9 Å². The molecule has 1 aliphatic heterocycles. The van der Waals surface area contributed by atoms with Crippen molar-refractivity contribution >= 4 is 31.0 Å². The smallest absolute Gasteiger partial charge is 0.176 e. The highest BCUT2D eigenvalue weighted by molar-refractivity contribution is 6.33. The molecule has 0 bridgehead atoms. The summed E-state index contributed by atoms with van der Waals surface area (Å²) in [5.41, 5.74) is 7.99. The summed E-state index contributed by atoms with van der Waals surface area (Å²) in [4.78, 5) is 12.8. The first-order valence-electron chi connectivity index (χ1n) is 7.53. The van der Waals surface area contributed by atoms with Crippen molar-refractivity contribution in [3.8, 4) is 5.75 Å². The number of ketones is 1. The Bertz CT molecular complexity index is 734. The third-order valence-corrected chi connectivity index (χ3v) is 3.79. The Balaban J connectivity index is 1.80. The molecule has 1 aliphatic rings. The molecule has 1 atom stereocenters. The summed E-state index contributed by atoms with van der Waals surface area (Å²) in [5.74, 6) is 0.228. The van der Waals surface area contributed by atoms with Crippen molar-refractivity contribution in [1.29, 1.82) is 0 Å². The van der Waals surface area contributed by atoms with Gasteiger partial charge in [-0.1, -0.05) is 35.8 Å². The van der Waals surface area contributed by atoms with Crippen molar-refractivity contribution in [3.63, 3.8) is 0 Å². The van der Waals surface area contributed by atoms with Crippen LogP contribution in [0.15, 0.2) is 53.6 Å². The first kappa shape index (κ1) is 15.3. The molecule has 0 aromatic heterocycles. The molecule has 1 unspecified atom stereocenters. The van der Waals surface area contributed by atoms with Gasteiger partial charge in [-0.3, -0.25) is 15.5 Å². The summed E-state index contributed by atoms with van der Waals surface area (Å²) in [6.45, 7) is 0.567. The Morgan fingerprint density at radius 2 is 2.09 bits per heavy atom. The number of ether oxygens (including phenoxy) is 1. The van der Waals surface area contributed by atoms with Crippen LogP contribution in [0, 0.1) is 5.92 Å². The molecule has 116 valence electrons. The van der Waals surface area contributed by atoms with Gasteiger partial charge >= 0.3 is 0 Å². The SMILES string of the molecule is Bc1ccc(OCN)c(C(=O)C2C=NN(c3ccccc3)C2)c1. The molecular weight excluding hydrogens is 289 g/mol. The van der Waals surface area contributed by atoms with Gasteiger partial charge in [0.05, 0.1) is 23.7 Å². The van der Waals surface area contributed by atoms with Gasteiger partial charge in [0.1, 0.15) is 20.3 Å². The lowest BCUT2D eigenvalue weighted by Crippen LogP contribution is -2.25. The Labute approximate surface area is 136 Å². The van der Waals surface area contributed by atoms with E-state index in [1.807, 2.05) is 55.3 Å². The van der Waals surface area contributed by atoms with Crippen LogP contribution >= 0.6 is 0 Å². The van der Waals surface area contributed by atoms with E-state index in [2.05, 4.69) is 5.10 Å². The van der Waals surface area contributed by atoms with E-state index in [1.165, 1.54) is 0 Å². The highest BCUT2D eigenvalue weighted by atomic mass is 16.5. The average molecular weight is 307 g/mol. The quantitative estimate of drug-likeness (QED) is 0.497. The number of anilines is 1. The molecular formula is C17H18BN3O2. The lowest BCUT2D eigenvalue weighted by atomic mass is 9.90. The third-order valence-electron chi connectivity index (χ3n) is 3.79. The summed E-state index contributed by atoms with van der Waals surface area (Å²) in [7, 11) is 1.95. The van der Waals surface area contributed by atoms with Crippen LogP contribution in [0.2, 0.25) is 0 Å². The van der Waals surface area contributed by atoms with E-state index in [4.69, 9.17) is 10.5 Å². The number of hydrazone groups is 1. The fourth-order valence-electron chi connectivity index (χ4n) is 2.62. The molecule has 6 heteroatoms. The zero-order chi connectivity index (χ0) is 16.2. The van der Waals surface area contributed by atoms with Gasteiger partial charge in [-0.25, -0.2) is 0 Å². The Morgan fingerprint density at radius 1 is 1.30 bits per heavy atom. The highest BCUT2D eigenvalue weighted by Gasteiger charge is 2.28. The number of hydrogen-bond donors (Lipinski definition) is 1. The van der Waals surface area contributed by atoms with Gasteiger partial charge in [0, 0.05) is 6.21 Å². The fraction of sp³-hybridized carbons (Fsp3) is 0.176. The van der Waals surface area contributed by atoms with E-state index in [-0.39, 0.29) is 18.4 Å². The zero-order valence-electron chi connectivity index (χ0n) is 13.0.